The minimum absolute atomic E-state index is 0.0412. The minimum atomic E-state index is -1.15. The summed E-state index contributed by atoms with van der Waals surface area (Å²) in [6.45, 7) is 10.5. The molecule has 9 heteroatoms. The third kappa shape index (κ3) is 7.16. The Morgan fingerprint density at radius 2 is 1.89 bits per heavy atom. The minimum Gasteiger partial charge on any atom is -0.476 e. The van der Waals surface area contributed by atoms with E-state index in [1.807, 2.05) is 13.8 Å². The molecule has 0 aliphatic heterocycles. The van der Waals surface area contributed by atoms with Crippen molar-refractivity contribution >= 4 is 29.4 Å². The molecule has 1 heterocycles. The summed E-state index contributed by atoms with van der Waals surface area (Å²) in [5, 5.41) is 10.8. The highest BCUT2D eigenvalue weighted by Gasteiger charge is 2.32. The number of carboxylic acids is 1. The van der Waals surface area contributed by atoms with Crippen molar-refractivity contribution in [3.8, 4) is 0 Å². The lowest BCUT2D eigenvalue weighted by Crippen LogP contribution is -2.44. The van der Waals surface area contributed by atoms with E-state index in [2.05, 4.69) is 4.98 Å². The first kappa shape index (κ1) is 22.9. The molecular formula is C18H28N2O6S. The highest BCUT2D eigenvalue weighted by atomic mass is 32.1. The molecule has 0 saturated heterocycles. The molecule has 152 valence electrons. The zero-order chi connectivity index (χ0) is 20.9. The summed E-state index contributed by atoms with van der Waals surface area (Å²) in [5.41, 5.74) is -0.734. The molecule has 0 aliphatic rings. The van der Waals surface area contributed by atoms with Gasteiger partial charge < -0.3 is 19.5 Å². The summed E-state index contributed by atoms with van der Waals surface area (Å²) in [6, 6.07) is -0.304. The Morgan fingerprint density at radius 3 is 2.30 bits per heavy atom. The molecule has 8 nitrogen and oxygen atoms in total. The molecular weight excluding hydrogens is 372 g/mol. The topological polar surface area (TPSA) is 106 Å². The van der Waals surface area contributed by atoms with Gasteiger partial charge in [0.05, 0.1) is 0 Å². The molecule has 1 rings (SSSR count). The first-order valence-corrected chi connectivity index (χ1v) is 9.51. The van der Waals surface area contributed by atoms with Gasteiger partial charge in [0.25, 0.3) is 0 Å². The Kier molecular flexibility index (Phi) is 7.77. The molecule has 1 amide bonds. The van der Waals surface area contributed by atoms with Gasteiger partial charge in [-0.05, 0) is 26.7 Å². The molecule has 0 aromatic carbocycles. The summed E-state index contributed by atoms with van der Waals surface area (Å²) in [5.74, 6) is -1.61. The molecule has 0 fully saturated rings. The maximum atomic E-state index is 12.4. The molecule has 0 spiro atoms. The van der Waals surface area contributed by atoms with Crippen LogP contribution in [0.15, 0.2) is 5.38 Å². The van der Waals surface area contributed by atoms with Crippen LogP contribution in [0, 0.1) is 5.92 Å². The van der Waals surface area contributed by atoms with E-state index in [0.29, 0.717) is 5.01 Å². The van der Waals surface area contributed by atoms with Crippen molar-refractivity contribution in [2.45, 2.75) is 65.7 Å². The summed E-state index contributed by atoms with van der Waals surface area (Å²) >= 11 is 1.11. The third-order valence-electron chi connectivity index (χ3n) is 3.73. The number of ether oxygens (including phenoxy) is 2. The van der Waals surface area contributed by atoms with Crippen LogP contribution in [0.3, 0.4) is 0 Å². The van der Waals surface area contributed by atoms with E-state index in [4.69, 9.17) is 14.6 Å². The van der Waals surface area contributed by atoms with Crippen LogP contribution in [0.2, 0.25) is 0 Å². The van der Waals surface area contributed by atoms with Crippen LogP contribution >= 0.6 is 11.3 Å². The predicted molar refractivity (Wildman–Crippen MR) is 101 cm³/mol. The van der Waals surface area contributed by atoms with Crippen LogP contribution in [0.5, 0.6) is 0 Å². The molecule has 1 N–H and O–H groups in total. The van der Waals surface area contributed by atoms with Gasteiger partial charge in [-0.3, -0.25) is 4.79 Å². The zero-order valence-corrected chi connectivity index (χ0v) is 17.6. The smallest absolute Gasteiger partial charge is 0.410 e. The molecule has 0 bridgehead atoms. The average molecular weight is 400 g/mol. The van der Waals surface area contributed by atoms with Gasteiger partial charge in [-0.1, -0.05) is 13.8 Å². The molecule has 2 atom stereocenters. The lowest BCUT2D eigenvalue weighted by molar-refractivity contribution is -0.147. The summed E-state index contributed by atoms with van der Waals surface area (Å²) in [6.07, 6.45) is -0.953. The molecule has 1 aromatic heterocycles. The molecule has 0 radical (unpaired) electrons. The van der Waals surface area contributed by atoms with Crippen molar-refractivity contribution in [1.29, 1.82) is 0 Å². The number of esters is 1. The second-order valence-electron chi connectivity index (χ2n) is 7.61. The number of carboxylic acid groups (broad SMARTS) is 1. The number of amides is 1. The van der Waals surface area contributed by atoms with Crippen LogP contribution in [0.4, 0.5) is 4.79 Å². The van der Waals surface area contributed by atoms with Crippen molar-refractivity contribution in [2.75, 3.05) is 7.05 Å². The SMILES string of the molecule is CC(=O)O[C@@H](C[C@H](C(C)C)N(C)C(=O)OC(C)(C)C)c1nc(C(=O)O)cs1. The quantitative estimate of drug-likeness (QED) is 0.695. The fourth-order valence-corrected chi connectivity index (χ4v) is 3.33. The number of hydrogen-bond donors (Lipinski definition) is 1. The Balaban J connectivity index is 3.07. The van der Waals surface area contributed by atoms with Gasteiger partial charge in [-0.25, -0.2) is 14.6 Å². The first-order valence-electron chi connectivity index (χ1n) is 8.63. The number of rotatable bonds is 7. The number of carbonyl (C=O) groups excluding carboxylic acids is 2. The Labute approximate surface area is 163 Å². The van der Waals surface area contributed by atoms with E-state index in [1.54, 1.807) is 27.8 Å². The lowest BCUT2D eigenvalue weighted by atomic mass is 9.96. The van der Waals surface area contributed by atoms with Crippen LogP contribution in [-0.4, -0.2) is 51.7 Å². The number of aromatic nitrogens is 1. The molecule has 27 heavy (non-hydrogen) atoms. The molecule has 0 saturated carbocycles. The van der Waals surface area contributed by atoms with Gasteiger partial charge >= 0.3 is 18.0 Å². The van der Waals surface area contributed by atoms with Gasteiger partial charge in [-0.2, -0.15) is 0 Å². The number of carbonyl (C=O) groups is 3. The van der Waals surface area contributed by atoms with E-state index in [-0.39, 0.29) is 24.1 Å². The highest BCUT2D eigenvalue weighted by molar-refractivity contribution is 7.09. The van der Waals surface area contributed by atoms with E-state index in [0.717, 1.165) is 11.3 Å². The van der Waals surface area contributed by atoms with Crippen molar-refractivity contribution in [2.24, 2.45) is 5.92 Å². The van der Waals surface area contributed by atoms with Gasteiger partial charge in [-0.15, -0.1) is 11.3 Å². The normalized spacial score (nSPS) is 13.8. The van der Waals surface area contributed by atoms with Crippen molar-refractivity contribution in [3.05, 3.63) is 16.1 Å². The first-order chi connectivity index (χ1) is 12.3. The second kappa shape index (κ2) is 9.16. The van der Waals surface area contributed by atoms with Gasteiger partial charge in [0.15, 0.2) is 11.8 Å². The largest absolute Gasteiger partial charge is 0.476 e. The number of hydrogen-bond acceptors (Lipinski definition) is 7. The van der Waals surface area contributed by atoms with Gasteiger partial charge in [0, 0.05) is 31.8 Å². The predicted octanol–water partition coefficient (Wildman–Crippen LogP) is 3.73. The third-order valence-corrected chi connectivity index (χ3v) is 4.67. The van der Waals surface area contributed by atoms with Crippen LogP contribution in [0.1, 0.15) is 69.6 Å². The van der Waals surface area contributed by atoms with Crippen molar-refractivity contribution in [3.63, 3.8) is 0 Å². The van der Waals surface area contributed by atoms with Crippen LogP contribution < -0.4 is 0 Å². The zero-order valence-electron chi connectivity index (χ0n) is 16.8. The highest BCUT2D eigenvalue weighted by Crippen LogP contribution is 2.30. The summed E-state index contributed by atoms with van der Waals surface area (Å²) in [7, 11) is 1.63. The van der Waals surface area contributed by atoms with E-state index in [9.17, 15) is 14.4 Å². The average Bonchev–Trinajstić information content (AvgIpc) is 2.98. The number of nitrogens with zero attached hydrogens (tertiary/aromatic N) is 2. The Morgan fingerprint density at radius 1 is 1.30 bits per heavy atom. The molecule has 1 aromatic rings. The van der Waals surface area contributed by atoms with Crippen LogP contribution in [0.25, 0.3) is 0 Å². The maximum absolute atomic E-state index is 12.4. The van der Waals surface area contributed by atoms with Crippen molar-refractivity contribution < 1.29 is 29.0 Å². The second-order valence-corrected chi connectivity index (χ2v) is 8.50. The van der Waals surface area contributed by atoms with Gasteiger partial charge in [0.2, 0.25) is 0 Å². The number of thiazole rings is 1. The number of aromatic carboxylic acids is 1. The fourth-order valence-electron chi connectivity index (χ4n) is 2.50. The van der Waals surface area contributed by atoms with E-state index < -0.39 is 29.7 Å². The fraction of sp³-hybridized carbons (Fsp3) is 0.667. The Hall–Kier alpha value is -2.16. The Bertz CT molecular complexity index is 680. The van der Waals surface area contributed by atoms with Gasteiger partial charge in [0.1, 0.15) is 10.6 Å². The molecule has 0 aliphatic carbocycles. The summed E-state index contributed by atoms with van der Waals surface area (Å²) < 4.78 is 10.8. The standard InChI is InChI=1S/C18H28N2O6S/c1-10(2)13(20(7)17(24)26-18(4,5)6)8-14(25-11(3)21)15-19-12(9-27-15)16(22)23/h9-10,13-14H,8H2,1-7H3,(H,22,23)/t13-,14+/m1/s1. The van der Waals surface area contributed by atoms with E-state index in [1.165, 1.54) is 17.2 Å². The van der Waals surface area contributed by atoms with E-state index >= 15 is 0 Å². The summed E-state index contributed by atoms with van der Waals surface area (Å²) in [4.78, 5) is 40.6. The monoisotopic (exact) mass is 400 g/mol. The van der Waals surface area contributed by atoms with Crippen molar-refractivity contribution in [1.82, 2.24) is 9.88 Å². The molecule has 0 unspecified atom stereocenters. The maximum Gasteiger partial charge on any atom is 0.410 e. The van der Waals surface area contributed by atoms with Crippen LogP contribution in [-0.2, 0) is 14.3 Å². The lowest BCUT2D eigenvalue weighted by Gasteiger charge is -2.34.